The Hall–Kier alpha value is -0.650. The molecule has 0 N–H and O–H groups in total. The van der Waals surface area contributed by atoms with E-state index in [1.54, 1.807) is 30.6 Å². The Labute approximate surface area is 124 Å². The van der Waals surface area contributed by atoms with Crippen molar-refractivity contribution < 1.29 is 4.74 Å². The molecule has 0 aromatic heterocycles. The molecule has 94 valence electrons. The van der Waals surface area contributed by atoms with Crippen molar-refractivity contribution in [2.24, 2.45) is 4.99 Å². The van der Waals surface area contributed by atoms with Crippen LogP contribution in [-0.2, 0) is 0 Å². The summed E-state index contributed by atoms with van der Waals surface area (Å²) in [5.41, 5.74) is 2.07. The normalized spacial score (nSPS) is 16.1. The average Bonchev–Trinajstić information content (AvgIpc) is 2.43. The highest BCUT2D eigenvalue weighted by Gasteiger charge is 2.18. The number of fused-ring (bicyclic) bond motifs is 1. The van der Waals surface area contributed by atoms with E-state index in [2.05, 4.69) is 27.5 Å². The lowest BCUT2D eigenvalue weighted by Crippen LogP contribution is -1.96. The van der Waals surface area contributed by atoms with Gasteiger partial charge in [0.15, 0.2) is 0 Å². The number of nitrogens with zero attached hydrogens (tertiary/aromatic N) is 1. The summed E-state index contributed by atoms with van der Waals surface area (Å²) in [5, 5.41) is 0. The molecule has 1 aromatic rings. The monoisotopic (exact) mass is 341 g/mol. The van der Waals surface area contributed by atoms with Crippen molar-refractivity contribution in [3.05, 3.63) is 41.4 Å². The molecule has 0 fully saturated rings. The van der Waals surface area contributed by atoms with Crippen LogP contribution in [0.2, 0.25) is 0 Å². The van der Waals surface area contributed by atoms with Crippen LogP contribution in [0.15, 0.2) is 40.8 Å². The Balaban J connectivity index is 2.38. The lowest BCUT2D eigenvalue weighted by molar-refractivity contribution is 0.415. The zero-order chi connectivity index (χ0) is 13.0. The number of thioether (sulfide) groups is 2. The van der Waals surface area contributed by atoms with E-state index in [9.17, 15) is 0 Å². The van der Waals surface area contributed by atoms with Gasteiger partial charge < -0.3 is 4.74 Å². The molecule has 0 saturated carbocycles. The van der Waals surface area contributed by atoms with Crippen molar-refractivity contribution in [3.8, 4) is 5.75 Å². The van der Waals surface area contributed by atoms with Crippen LogP contribution in [0.1, 0.15) is 5.56 Å². The molecule has 1 aliphatic heterocycles. The van der Waals surface area contributed by atoms with Gasteiger partial charge in [0.2, 0.25) is 0 Å². The first kappa shape index (κ1) is 13.8. The van der Waals surface area contributed by atoms with Crippen LogP contribution in [-0.4, -0.2) is 17.2 Å². The van der Waals surface area contributed by atoms with Gasteiger partial charge in [0, 0.05) is 16.2 Å². The number of methoxy groups -OCH3 is 1. The summed E-state index contributed by atoms with van der Waals surface area (Å²) in [6, 6.07) is 5.92. The van der Waals surface area contributed by atoms with Gasteiger partial charge in [-0.3, -0.25) is 0 Å². The fraction of sp³-hybridized carbons (Fsp3) is 0.154. The lowest BCUT2D eigenvalue weighted by atomic mass is 10.1. The minimum Gasteiger partial charge on any atom is -0.497 e. The number of halogens is 1. The first-order valence-electron chi connectivity index (χ1n) is 5.27. The van der Waals surface area contributed by atoms with Crippen molar-refractivity contribution in [1.29, 1.82) is 0 Å². The molecular weight excluding hydrogens is 330 g/mol. The molecule has 0 aliphatic carbocycles. The van der Waals surface area contributed by atoms with Gasteiger partial charge in [-0.05, 0) is 23.2 Å². The fourth-order valence-corrected chi connectivity index (χ4v) is 3.79. The molecule has 0 atom stereocenters. The van der Waals surface area contributed by atoms with Crippen molar-refractivity contribution in [1.82, 2.24) is 0 Å². The third-order valence-electron chi connectivity index (χ3n) is 2.30. The average molecular weight is 342 g/mol. The van der Waals surface area contributed by atoms with Gasteiger partial charge >= 0.3 is 0 Å². The largest absolute Gasteiger partial charge is 0.497 e. The van der Waals surface area contributed by atoms with Crippen LogP contribution in [0.25, 0.3) is 4.91 Å². The van der Waals surface area contributed by atoms with E-state index >= 15 is 0 Å². The van der Waals surface area contributed by atoms with E-state index < -0.39 is 0 Å². The van der Waals surface area contributed by atoms with Crippen molar-refractivity contribution in [2.45, 2.75) is 0 Å². The van der Waals surface area contributed by atoms with Gasteiger partial charge in [0.1, 0.15) is 10.1 Å². The highest BCUT2D eigenvalue weighted by atomic mass is 79.9. The van der Waals surface area contributed by atoms with Gasteiger partial charge in [-0.1, -0.05) is 45.5 Å². The molecule has 5 heteroatoms. The number of ether oxygens (including phenoxy) is 1. The van der Waals surface area contributed by atoms with Crippen LogP contribution in [0.5, 0.6) is 5.75 Å². The summed E-state index contributed by atoms with van der Waals surface area (Å²) in [4.78, 5) is 7.71. The van der Waals surface area contributed by atoms with Gasteiger partial charge in [0.25, 0.3) is 0 Å². The van der Waals surface area contributed by atoms with Crippen LogP contribution in [0.4, 0.5) is 5.69 Å². The Morgan fingerprint density at radius 3 is 3.06 bits per heavy atom. The molecule has 1 aromatic carbocycles. The third-order valence-corrected chi connectivity index (χ3v) is 5.23. The van der Waals surface area contributed by atoms with Crippen LogP contribution in [0.3, 0.4) is 0 Å². The van der Waals surface area contributed by atoms with Crippen molar-refractivity contribution in [2.75, 3.05) is 12.9 Å². The predicted octanol–water partition coefficient (Wildman–Crippen LogP) is 5.04. The van der Waals surface area contributed by atoms with Gasteiger partial charge in [-0.15, -0.1) is 6.58 Å². The van der Waals surface area contributed by atoms with E-state index in [1.807, 2.05) is 29.3 Å². The number of hydrogen-bond acceptors (Lipinski definition) is 4. The summed E-state index contributed by atoms with van der Waals surface area (Å²) < 4.78 is 6.29. The number of aliphatic imine (C=N–C) groups is 1. The third kappa shape index (κ3) is 3.02. The van der Waals surface area contributed by atoms with Crippen LogP contribution < -0.4 is 4.74 Å². The van der Waals surface area contributed by atoms with E-state index in [1.165, 1.54) is 0 Å². The second kappa shape index (κ2) is 6.50. The van der Waals surface area contributed by atoms with E-state index in [0.29, 0.717) is 0 Å². The topological polar surface area (TPSA) is 21.6 Å². The minimum absolute atomic E-state index is 0.846. The Bertz CT molecular complexity index is 526. The lowest BCUT2D eigenvalue weighted by Gasteiger charge is -2.17. The quantitative estimate of drug-likeness (QED) is 0.718. The summed E-state index contributed by atoms with van der Waals surface area (Å²) in [6.07, 6.45) is 1.88. The molecule has 0 radical (unpaired) electrons. The molecular formula is C13H12BrNOS2. The number of hydrogen-bond donors (Lipinski definition) is 0. The molecule has 2 nitrogen and oxygen atoms in total. The highest BCUT2D eigenvalue weighted by Crippen LogP contribution is 2.44. The Morgan fingerprint density at radius 1 is 1.56 bits per heavy atom. The SMILES string of the molecule is C=CCSC1=Nc2ccc(OC)cc2/C(=C/Br)S1. The maximum atomic E-state index is 5.25. The molecule has 0 saturated heterocycles. The minimum atomic E-state index is 0.846. The molecule has 1 heterocycles. The van der Waals surface area contributed by atoms with Crippen LogP contribution in [0, 0.1) is 0 Å². The van der Waals surface area contributed by atoms with Gasteiger partial charge in [-0.25, -0.2) is 4.99 Å². The summed E-state index contributed by atoms with van der Waals surface area (Å²) in [6.45, 7) is 3.73. The molecule has 18 heavy (non-hydrogen) atoms. The second-order valence-electron chi connectivity index (χ2n) is 3.44. The summed E-state index contributed by atoms with van der Waals surface area (Å²) >= 11 is 6.76. The molecule has 2 rings (SSSR count). The zero-order valence-corrected chi connectivity index (χ0v) is 13.1. The zero-order valence-electron chi connectivity index (χ0n) is 9.85. The smallest absolute Gasteiger partial charge is 0.135 e. The van der Waals surface area contributed by atoms with E-state index in [-0.39, 0.29) is 0 Å². The first-order valence-corrected chi connectivity index (χ1v) is 7.99. The van der Waals surface area contributed by atoms with Gasteiger partial charge in [0.05, 0.1) is 12.8 Å². The number of rotatable bonds is 3. The molecule has 1 aliphatic rings. The maximum absolute atomic E-state index is 5.25. The molecule has 0 unspecified atom stereocenters. The Morgan fingerprint density at radius 2 is 2.39 bits per heavy atom. The Kier molecular flexibility index (Phi) is 4.97. The molecule has 0 amide bonds. The first-order chi connectivity index (χ1) is 8.78. The summed E-state index contributed by atoms with van der Waals surface area (Å²) in [5.74, 6) is 1.71. The van der Waals surface area contributed by atoms with Gasteiger partial charge in [-0.2, -0.15) is 0 Å². The van der Waals surface area contributed by atoms with Crippen molar-refractivity contribution in [3.63, 3.8) is 0 Å². The van der Waals surface area contributed by atoms with E-state index in [0.717, 1.165) is 32.0 Å². The maximum Gasteiger partial charge on any atom is 0.135 e. The highest BCUT2D eigenvalue weighted by molar-refractivity contribution is 9.11. The molecule has 0 spiro atoms. The molecule has 0 bridgehead atoms. The fourth-order valence-electron chi connectivity index (χ4n) is 1.48. The number of benzene rings is 1. The summed E-state index contributed by atoms with van der Waals surface area (Å²) in [7, 11) is 1.67. The van der Waals surface area contributed by atoms with Crippen molar-refractivity contribution >= 4 is 54.4 Å². The second-order valence-corrected chi connectivity index (χ2v) is 6.19. The standard InChI is InChI=1S/C13H12BrNOS2/c1-3-6-17-13-15-11-5-4-9(16-2)7-10(11)12(8-14)18-13/h3-5,7-8H,1,6H2,2H3/b12-8-. The predicted molar refractivity (Wildman–Crippen MR) is 87.2 cm³/mol. The van der Waals surface area contributed by atoms with Crippen LogP contribution >= 0.6 is 39.5 Å². The van der Waals surface area contributed by atoms with E-state index in [4.69, 9.17) is 4.74 Å².